The summed E-state index contributed by atoms with van der Waals surface area (Å²) in [4.78, 5) is 0. The van der Waals surface area contributed by atoms with Crippen molar-refractivity contribution in [2.24, 2.45) is 0 Å². The minimum atomic E-state index is -0.426. The van der Waals surface area contributed by atoms with Crippen LogP contribution in [0.4, 0.5) is 0 Å². The summed E-state index contributed by atoms with van der Waals surface area (Å²) < 4.78 is 11.5. The highest BCUT2D eigenvalue weighted by Gasteiger charge is 2.52. The lowest BCUT2D eigenvalue weighted by atomic mass is 9.79. The second-order valence-electron chi connectivity index (χ2n) is 4.86. The summed E-state index contributed by atoms with van der Waals surface area (Å²) in [6.45, 7) is 11.4. The van der Waals surface area contributed by atoms with Crippen LogP contribution in [0.2, 0.25) is 0 Å². The molecule has 0 saturated carbocycles. The Morgan fingerprint density at radius 1 is 1.00 bits per heavy atom. The Morgan fingerprint density at radius 3 is 1.64 bits per heavy atom. The standard InChI is InChI=1S/C10H19BO3/c1-7(8(2)12)11-13-9(3,4)10(5,6)14-11/h12H,1-6H3/b8-7-. The molecule has 0 unspecified atom stereocenters. The van der Waals surface area contributed by atoms with Crippen molar-refractivity contribution in [2.75, 3.05) is 0 Å². The van der Waals surface area contributed by atoms with E-state index in [0.29, 0.717) is 0 Å². The van der Waals surface area contributed by atoms with Gasteiger partial charge in [0.2, 0.25) is 0 Å². The summed E-state index contributed by atoms with van der Waals surface area (Å²) >= 11 is 0. The molecule has 4 heteroatoms. The van der Waals surface area contributed by atoms with E-state index >= 15 is 0 Å². The second-order valence-corrected chi connectivity index (χ2v) is 4.86. The third-order valence-corrected chi connectivity index (χ3v) is 3.18. The third-order valence-electron chi connectivity index (χ3n) is 3.18. The zero-order chi connectivity index (χ0) is 11.1. The highest BCUT2D eigenvalue weighted by molar-refractivity contribution is 6.54. The maximum atomic E-state index is 9.34. The first kappa shape index (κ1) is 11.6. The number of hydrogen-bond acceptors (Lipinski definition) is 3. The molecule has 1 aliphatic rings. The predicted molar refractivity (Wildman–Crippen MR) is 57.1 cm³/mol. The molecule has 0 aromatic heterocycles. The van der Waals surface area contributed by atoms with Crippen molar-refractivity contribution in [3.05, 3.63) is 11.2 Å². The molecule has 0 aromatic rings. The van der Waals surface area contributed by atoms with Crippen molar-refractivity contribution in [3.8, 4) is 0 Å². The lowest BCUT2D eigenvalue weighted by Crippen LogP contribution is -2.41. The molecular weight excluding hydrogens is 179 g/mol. The number of allylic oxidation sites excluding steroid dienone is 2. The first-order valence-corrected chi connectivity index (χ1v) is 4.89. The summed E-state index contributed by atoms with van der Waals surface area (Å²) in [6.07, 6.45) is 0. The molecule has 14 heavy (non-hydrogen) atoms. The van der Waals surface area contributed by atoms with Crippen molar-refractivity contribution < 1.29 is 14.4 Å². The monoisotopic (exact) mass is 198 g/mol. The van der Waals surface area contributed by atoms with Crippen LogP contribution in [0, 0.1) is 0 Å². The van der Waals surface area contributed by atoms with Gasteiger partial charge in [-0.3, -0.25) is 0 Å². The van der Waals surface area contributed by atoms with Crippen molar-refractivity contribution in [3.63, 3.8) is 0 Å². The van der Waals surface area contributed by atoms with Crippen LogP contribution >= 0.6 is 0 Å². The van der Waals surface area contributed by atoms with Crippen molar-refractivity contribution >= 4 is 7.12 Å². The van der Waals surface area contributed by atoms with Crippen LogP contribution in [0.15, 0.2) is 11.2 Å². The smallest absolute Gasteiger partial charge is 0.493 e. The molecule has 1 N–H and O–H groups in total. The number of aliphatic hydroxyl groups excluding tert-OH is 1. The van der Waals surface area contributed by atoms with E-state index in [1.165, 1.54) is 0 Å². The molecule has 1 saturated heterocycles. The Balaban J connectivity index is 2.89. The van der Waals surface area contributed by atoms with Gasteiger partial charge >= 0.3 is 7.12 Å². The van der Waals surface area contributed by atoms with Crippen LogP contribution in [0.3, 0.4) is 0 Å². The molecule has 0 amide bonds. The Labute approximate surface area is 86.2 Å². The Hall–Kier alpha value is -0.475. The molecule has 0 atom stereocenters. The molecule has 80 valence electrons. The largest absolute Gasteiger partial charge is 0.513 e. The van der Waals surface area contributed by atoms with E-state index in [9.17, 15) is 5.11 Å². The Morgan fingerprint density at radius 2 is 1.36 bits per heavy atom. The van der Waals surface area contributed by atoms with Crippen molar-refractivity contribution in [2.45, 2.75) is 52.7 Å². The van der Waals surface area contributed by atoms with Gasteiger partial charge in [0, 0.05) is 0 Å². The normalized spacial score (nSPS) is 26.3. The van der Waals surface area contributed by atoms with Gasteiger partial charge in [-0.2, -0.15) is 0 Å². The van der Waals surface area contributed by atoms with Crippen LogP contribution in [0.1, 0.15) is 41.5 Å². The van der Waals surface area contributed by atoms with Crippen LogP contribution in [-0.2, 0) is 9.31 Å². The lowest BCUT2D eigenvalue weighted by Gasteiger charge is -2.32. The van der Waals surface area contributed by atoms with Gasteiger partial charge in [0.05, 0.1) is 17.0 Å². The van der Waals surface area contributed by atoms with Gasteiger partial charge < -0.3 is 14.4 Å². The average Bonchev–Trinajstić information content (AvgIpc) is 2.20. The zero-order valence-corrected chi connectivity index (χ0v) is 9.84. The van der Waals surface area contributed by atoms with Gasteiger partial charge in [-0.15, -0.1) is 0 Å². The molecule has 0 bridgehead atoms. The summed E-state index contributed by atoms with van der Waals surface area (Å²) in [5, 5.41) is 9.34. The first-order valence-electron chi connectivity index (χ1n) is 4.89. The molecule has 0 radical (unpaired) electrons. The average molecular weight is 198 g/mol. The predicted octanol–water partition coefficient (Wildman–Crippen LogP) is 2.47. The molecule has 0 aromatic carbocycles. The first-order chi connectivity index (χ1) is 6.17. The highest BCUT2D eigenvalue weighted by atomic mass is 16.7. The topological polar surface area (TPSA) is 38.7 Å². The molecule has 3 nitrogen and oxygen atoms in total. The number of aliphatic hydroxyl groups is 1. The fourth-order valence-electron chi connectivity index (χ4n) is 1.19. The molecule has 0 spiro atoms. The van der Waals surface area contributed by atoms with Gasteiger partial charge in [-0.25, -0.2) is 0 Å². The van der Waals surface area contributed by atoms with Gasteiger partial charge in [0.25, 0.3) is 0 Å². The van der Waals surface area contributed by atoms with Gasteiger partial charge in [0.15, 0.2) is 0 Å². The van der Waals surface area contributed by atoms with E-state index in [2.05, 4.69) is 0 Å². The van der Waals surface area contributed by atoms with Gasteiger partial charge in [-0.1, -0.05) is 0 Å². The third kappa shape index (κ3) is 1.81. The van der Waals surface area contributed by atoms with E-state index in [4.69, 9.17) is 9.31 Å². The van der Waals surface area contributed by atoms with E-state index in [0.717, 1.165) is 5.47 Å². The van der Waals surface area contributed by atoms with Crippen molar-refractivity contribution in [1.29, 1.82) is 0 Å². The Bertz CT molecular complexity index is 249. The van der Waals surface area contributed by atoms with E-state index < -0.39 is 7.12 Å². The summed E-state index contributed by atoms with van der Waals surface area (Å²) in [6, 6.07) is 0. The van der Waals surface area contributed by atoms with E-state index in [1.54, 1.807) is 6.92 Å². The number of hydrogen-bond donors (Lipinski definition) is 1. The van der Waals surface area contributed by atoms with Crippen LogP contribution < -0.4 is 0 Å². The van der Waals surface area contributed by atoms with Crippen LogP contribution in [0.25, 0.3) is 0 Å². The molecule has 1 rings (SSSR count). The minimum absolute atomic E-state index is 0.267. The second kappa shape index (κ2) is 3.28. The lowest BCUT2D eigenvalue weighted by molar-refractivity contribution is 0.00578. The maximum absolute atomic E-state index is 9.34. The van der Waals surface area contributed by atoms with Crippen molar-refractivity contribution in [1.82, 2.24) is 0 Å². The fraction of sp³-hybridized carbons (Fsp3) is 0.800. The quantitative estimate of drug-likeness (QED) is 0.519. The fourth-order valence-corrected chi connectivity index (χ4v) is 1.19. The number of rotatable bonds is 1. The highest BCUT2D eigenvalue weighted by Crippen LogP contribution is 2.38. The summed E-state index contributed by atoms with van der Waals surface area (Å²) in [5.41, 5.74) is 0.0617. The van der Waals surface area contributed by atoms with Gasteiger partial charge in [0.1, 0.15) is 0 Å². The molecule has 1 fully saturated rings. The molecule has 1 heterocycles. The van der Waals surface area contributed by atoms with E-state index in [1.807, 2.05) is 34.6 Å². The molecule has 0 aliphatic carbocycles. The van der Waals surface area contributed by atoms with Gasteiger partial charge in [-0.05, 0) is 47.0 Å². The Kier molecular flexibility index (Phi) is 2.72. The molecular formula is C10H19BO3. The maximum Gasteiger partial charge on any atom is 0.493 e. The van der Waals surface area contributed by atoms with Crippen LogP contribution in [-0.4, -0.2) is 23.4 Å². The van der Waals surface area contributed by atoms with Crippen LogP contribution in [0.5, 0.6) is 0 Å². The van der Waals surface area contributed by atoms with E-state index in [-0.39, 0.29) is 17.0 Å². The summed E-state index contributed by atoms with van der Waals surface area (Å²) in [5.74, 6) is 0.267. The minimum Gasteiger partial charge on any atom is -0.513 e. The SMILES string of the molecule is C/C(O)=C(\C)B1OC(C)(C)C(C)(C)O1. The zero-order valence-electron chi connectivity index (χ0n) is 9.84. The molecule has 1 aliphatic heterocycles. The summed E-state index contributed by atoms with van der Waals surface area (Å²) in [7, 11) is -0.426.